The van der Waals surface area contributed by atoms with E-state index in [1.165, 1.54) is 31.8 Å². The predicted molar refractivity (Wildman–Crippen MR) is 138 cm³/mol. The van der Waals surface area contributed by atoms with Gasteiger partial charge >= 0.3 is 212 Å². The van der Waals surface area contributed by atoms with Crippen LogP contribution >= 0.6 is 0 Å². The van der Waals surface area contributed by atoms with Crippen LogP contribution in [0.15, 0.2) is 35.9 Å². The van der Waals surface area contributed by atoms with Crippen molar-refractivity contribution < 1.29 is 14.5 Å². The second-order valence-corrected chi connectivity index (χ2v) is 13.7. The number of hydrogen-bond acceptors (Lipinski definition) is 4. The van der Waals surface area contributed by atoms with Crippen LogP contribution in [0.3, 0.4) is 0 Å². The maximum atomic E-state index is 11.5. The van der Waals surface area contributed by atoms with Crippen molar-refractivity contribution in [1.82, 2.24) is 0 Å². The topological polar surface area (TPSA) is 69.4 Å². The fourth-order valence-electron chi connectivity index (χ4n) is 6.56. The van der Waals surface area contributed by atoms with E-state index >= 15 is 0 Å². The first kappa shape index (κ1) is 26.9. The number of carbonyl (C=O) groups excluding carboxylic acids is 1. The molecule has 1 saturated carbocycles. The van der Waals surface area contributed by atoms with E-state index in [0.29, 0.717) is 29.8 Å². The number of hydrogen-bond donors (Lipinski definition) is 0. The van der Waals surface area contributed by atoms with Gasteiger partial charge in [0, 0.05) is 0 Å². The molecule has 188 valence electrons. The summed E-state index contributed by atoms with van der Waals surface area (Å²) in [7, 11) is 0. The molecule has 2 aliphatic carbocycles. The Morgan fingerprint density at radius 2 is 1.97 bits per heavy atom. The summed E-state index contributed by atoms with van der Waals surface area (Å²) < 4.78 is 6.37. The van der Waals surface area contributed by atoms with E-state index in [1.807, 2.05) is 12.1 Å². The number of fused-ring (bicyclic) bond motifs is 1. The molecule has 6 heteroatoms. The number of nitro groups is 1. The molecule has 0 spiro atoms. The second-order valence-electron chi connectivity index (χ2n) is 11.3. The van der Waals surface area contributed by atoms with E-state index in [0.717, 1.165) is 35.5 Å². The van der Waals surface area contributed by atoms with Crippen LogP contribution in [0.2, 0.25) is 5.32 Å². The van der Waals surface area contributed by atoms with Gasteiger partial charge in [0.2, 0.25) is 0 Å². The summed E-state index contributed by atoms with van der Waals surface area (Å²) in [6.07, 6.45) is 10.6. The Labute approximate surface area is 211 Å². The monoisotopic (exact) mass is 535 g/mol. The van der Waals surface area contributed by atoms with Crippen LogP contribution in [0.4, 0.5) is 5.69 Å². The molecule has 34 heavy (non-hydrogen) atoms. The first-order valence-electron chi connectivity index (χ1n) is 12.7. The van der Waals surface area contributed by atoms with E-state index in [9.17, 15) is 14.9 Å². The molecule has 3 rings (SSSR count). The Hall–Kier alpha value is -1.65. The molecule has 0 bridgehead atoms. The summed E-state index contributed by atoms with van der Waals surface area (Å²) in [6.45, 7) is 11.6. The summed E-state index contributed by atoms with van der Waals surface area (Å²) in [5.74, 6) is 1.48. The van der Waals surface area contributed by atoms with Crippen LogP contribution < -0.4 is 4.46 Å². The number of benzene rings is 1. The quantitative estimate of drug-likeness (QED) is 0.113. The predicted octanol–water partition coefficient (Wildman–Crippen LogP) is 6.49. The summed E-state index contributed by atoms with van der Waals surface area (Å²) in [6, 6.07) is 7.16. The van der Waals surface area contributed by atoms with Crippen molar-refractivity contribution in [2.24, 2.45) is 28.6 Å². The molecule has 0 amide bonds. The summed E-state index contributed by atoms with van der Waals surface area (Å²) >= 11 is 0.119. The van der Waals surface area contributed by atoms with Gasteiger partial charge in [0.05, 0.1) is 0 Å². The molecular formula is C28H41NO4Se. The maximum absolute atomic E-state index is 11.5. The molecule has 0 radical (unpaired) electrons. The number of ether oxygens (including phenoxy) is 1. The molecule has 4 atom stereocenters. The van der Waals surface area contributed by atoms with Crippen molar-refractivity contribution in [3.05, 3.63) is 46.0 Å². The summed E-state index contributed by atoms with van der Waals surface area (Å²) in [4.78, 5) is 22.6. The molecule has 0 heterocycles. The Balaban J connectivity index is 1.63. The van der Waals surface area contributed by atoms with Gasteiger partial charge in [0.15, 0.2) is 0 Å². The molecule has 0 aliphatic heterocycles. The molecule has 0 unspecified atom stereocenters. The number of nitro benzene ring substituents is 1. The minimum absolute atomic E-state index is 0.119. The van der Waals surface area contributed by atoms with Crippen molar-refractivity contribution in [2.75, 3.05) is 6.61 Å². The third-order valence-electron chi connectivity index (χ3n) is 8.46. The zero-order chi connectivity index (χ0) is 24.9. The molecule has 1 aromatic carbocycles. The average molecular weight is 535 g/mol. The zero-order valence-electron chi connectivity index (χ0n) is 21.5. The normalized spacial score (nSPS) is 26.8. The van der Waals surface area contributed by atoms with Gasteiger partial charge in [-0.3, -0.25) is 0 Å². The van der Waals surface area contributed by atoms with Gasteiger partial charge in [0.1, 0.15) is 0 Å². The number of esters is 1. The SMILES string of the molecule is CC(=O)OCC1=CC[C@H]2C(C)(C)CCC[C@]2(C)[C@H]1CC[C@H](C)CC[Se]c1ccccc1[N+](=O)[O-]. The molecule has 0 N–H and O–H groups in total. The van der Waals surface area contributed by atoms with Gasteiger partial charge in [0.25, 0.3) is 0 Å². The fraction of sp³-hybridized carbons (Fsp3) is 0.679. The number of para-hydroxylation sites is 1. The van der Waals surface area contributed by atoms with Crippen LogP contribution in [0, 0.1) is 38.7 Å². The van der Waals surface area contributed by atoms with E-state index in [4.69, 9.17) is 4.74 Å². The summed E-state index contributed by atoms with van der Waals surface area (Å²) in [5, 5.41) is 12.3. The van der Waals surface area contributed by atoms with Crippen molar-refractivity contribution >= 4 is 31.1 Å². The zero-order valence-corrected chi connectivity index (χ0v) is 23.2. The number of carbonyl (C=O) groups is 1. The van der Waals surface area contributed by atoms with Crippen LogP contribution in [-0.4, -0.2) is 32.5 Å². The van der Waals surface area contributed by atoms with Crippen LogP contribution in [0.25, 0.3) is 0 Å². The Morgan fingerprint density at radius 3 is 2.68 bits per heavy atom. The van der Waals surface area contributed by atoms with Crippen molar-refractivity contribution in [1.29, 1.82) is 0 Å². The molecule has 2 aliphatic rings. The van der Waals surface area contributed by atoms with Crippen molar-refractivity contribution in [3.63, 3.8) is 0 Å². The third-order valence-corrected chi connectivity index (χ3v) is 10.8. The first-order chi connectivity index (χ1) is 16.0. The van der Waals surface area contributed by atoms with E-state index in [2.05, 4.69) is 33.8 Å². The minimum atomic E-state index is -0.261. The van der Waals surface area contributed by atoms with Gasteiger partial charge in [-0.15, -0.1) is 0 Å². The van der Waals surface area contributed by atoms with E-state index in [-0.39, 0.29) is 37.0 Å². The number of rotatable bonds is 10. The van der Waals surface area contributed by atoms with Crippen LogP contribution in [0.1, 0.15) is 79.6 Å². The average Bonchev–Trinajstić information content (AvgIpc) is 2.76. The molecule has 0 saturated heterocycles. The van der Waals surface area contributed by atoms with Gasteiger partial charge in [-0.2, -0.15) is 0 Å². The van der Waals surface area contributed by atoms with E-state index in [1.54, 1.807) is 12.1 Å². The summed E-state index contributed by atoms with van der Waals surface area (Å²) in [5.41, 5.74) is 2.17. The Kier molecular flexibility index (Phi) is 9.03. The Morgan fingerprint density at radius 1 is 1.24 bits per heavy atom. The molecule has 1 aromatic rings. The van der Waals surface area contributed by atoms with E-state index < -0.39 is 0 Å². The van der Waals surface area contributed by atoms with Crippen LogP contribution in [0.5, 0.6) is 0 Å². The number of nitrogens with zero attached hydrogens (tertiary/aromatic N) is 1. The molecular weight excluding hydrogens is 493 g/mol. The Bertz CT molecular complexity index is 911. The van der Waals surface area contributed by atoms with Gasteiger partial charge in [-0.05, 0) is 0 Å². The van der Waals surface area contributed by atoms with Gasteiger partial charge < -0.3 is 0 Å². The van der Waals surface area contributed by atoms with Crippen LogP contribution in [-0.2, 0) is 9.53 Å². The molecule has 0 aromatic heterocycles. The standard InChI is InChI=1S/C28H41NO4Se/c1-20(15-18-34-25-10-7-6-9-24(25)29(31)32)11-13-23-22(19-33-21(2)30)12-14-26-27(3,4)16-8-17-28(23,26)5/h6-7,9-10,12,20,23,26H,8,11,13-19H2,1-5H3/t20-,23-,26-,28+/m0/s1. The third kappa shape index (κ3) is 6.31. The molecule has 1 fully saturated rings. The first-order valence-corrected chi connectivity index (χ1v) is 14.8. The second kappa shape index (κ2) is 11.4. The fourth-order valence-corrected chi connectivity index (χ4v) is 9.09. The molecule has 5 nitrogen and oxygen atoms in total. The van der Waals surface area contributed by atoms with Gasteiger partial charge in [-0.1, -0.05) is 0 Å². The van der Waals surface area contributed by atoms with Gasteiger partial charge in [-0.25, -0.2) is 0 Å². The van der Waals surface area contributed by atoms with Crippen molar-refractivity contribution in [3.8, 4) is 0 Å². The van der Waals surface area contributed by atoms with Crippen molar-refractivity contribution in [2.45, 2.75) is 84.9 Å². The number of allylic oxidation sites excluding steroid dienone is 1.